The summed E-state index contributed by atoms with van der Waals surface area (Å²) in [6, 6.07) is 6.46. The summed E-state index contributed by atoms with van der Waals surface area (Å²) in [5.41, 5.74) is 1.42. The first kappa shape index (κ1) is 16.3. The van der Waals surface area contributed by atoms with Crippen molar-refractivity contribution in [3.8, 4) is 0 Å². The molecule has 1 unspecified atom stereocenters. The second-order valence-corrected chi connectivity index (χ2v) is 7.21. The highest BCUT2D eigenvalue weighted by Crippen LogP contribution is 2.34. The molecule has 5 heteroatoms. The Hall–Kier alpha value is -1.59. The Balaban J connectivity index is 1.63. The first-order valence-corrected chi connectivity index (χ1v) is 9.06. The molecule has 0 N–H and O–H groups in total. The van der Waals surface area contributed by atoms with E-state index in [1.165, 1.54) is 10.4 Å². The molecule has 0 bridgehead atoms. The lowest BCUT2D eigenvalue weighted by Crippen LogP contribution is -2.42. The van der Waals surface area contributed by atoms with Crippen molar-refractivity contribution < 1.29 is 9.21 Å². The first-order valence-electron chi connectivity index (χ1n) is 8.18. The van der Waals surface area contributed by atoms with Gasteiger partial charge in [-0.1, -0.05) is 6.92 Å². The van der Waals surface area contributed by atoms with E-state index < -0.39 is 0 Å². The highest BCUT2D eigenvalue weighted by Gasteiger charge is 2.29. The minimum Gasteiger partial charge on any atom is -0.464 e. The van der Waals surface area contributed by atoms with E-state index in [-0.39, 0.29) is 5.91 Å². The monoisotopic (exact) mass is 332 g/mol. The maximum absolute atomic E-state index is 12.6. The zero-order chi connectivity index (χ0) is 16.4. The van der Waals surface area contributed by atoms with Crippen LogP contribution in [-0.4, -0.2) is 35.8 Å². The van der Waals surface area contributed by atoms with Gasteiger partial charge in [0.25, 0.3) is 0 Å². The van der Waals surface area contributed by atoms with Crippen molar-refractivity contribution in [3.63, 3.8) is 0 Å². The largest absolute Gasteiger partial charge is 0.464 e. The number of carbonyl (C=O) groups excluding carboxylic acids is 1. The van der Waals surface area contributed by atoms with Gasteiger partial charge >= 0.3 is 0 Å². The molecule has 124 valence electrons. The molecule has 1 atom stereocenters. The van der Waals surface area contributed by atoms with Crippen LogP contribution in [0.3, 0.4) is 0 Å². The summed E-state index contributed by atoms with van der Waals surface area (Å²) < 4.78 is 5.57. The van der Waals surface area contributed by atoms with Gasteiger partial charge in [-0.3, -0.25) is 9.69 Å². The number of hydrogen-bond donors (Lipinski definition) is 0. The van der Waals surface area contributed by atoms with E-state index in [0.717, 1.165) is 30.9 Å². The smallest absolute Gasteiger partial charge is 0.236 e. The zero-order valence-electron chi connectivity index (χ0n) is 14.0. The summed E-state index contributed by atoms with van der Waals surface area (Å²) >= 11 is 1.84. The van der Waals surface area contributed by atoms with Gasteiger partial charge < -0.3 is 9.32 Å². The summed E-state index contributed by atoms with van der Waals surface area (Å²) in [7, 11) is 1.85. The average Bonchev–Trinajstić information content (AvgIpc) is 3.15. The highest BCUT2D eigenvalue weighted by atomic mass is 32.1. The average molecular weight is 332 g/mol. The lowest BCUT2D eigenvalue weighted by Gasteiger charge is -2.35. The Morgan fingerprint density at radius 3 is 2.96 bits per heavy atom. The van der Waals surface area contributed by atoms with E-state index in [0.29, 0.717) is 19.1 Å². The van der Waals surface area contributed by atoms with Crippen LogP contribution < -0.4 is 0 Å². The van der Waals surface area contributed by atoms with Gasteiger partial charge in [-0.15, -0.1) is 11.3 Å². The Kier molecular flexibility index (Phi) is 4.87. The molecule has 23 heavy (non-hydrogen) atoms. The quantitative estimate of drug-likeness (QED) is 0.839. The van der Waals surface area contributed by atoms with Crippen LogP contribution in [0.1, 0.15) is 41.3 Å². The molecule has 0 radical (unpaired) electrons. The summed E-state index contributed by atoms with van der Waals surface area (Å²) in [6.07, 6.45) is 2.09. The van der Waals surface area contributed by atoms with E-state index in [2.05, 4.69) is 23.3 Å². The van der Waals surface area contributed by atoms with Crippen LogP contribution in [0.2, 0.25) is 0 Å². The number of likely N-dealkylation sites (N-methyl/N-ethyl adjacent to an activating group) is 1. The van der Waals surface area contributed by atoms with Gasteiger partial charge in [0.05, 0.1) is 13.1 Å². The van der Waals surface area contributed by atoms with Gasteiger partial charge in [-0.25, -0.2) is 0 Å². The fourth-order valence-electron chi connectivity index (χ4n) is 3.30. The van der Waals surface area contributed by atoms with Gasteiger partial charge in [0.2, 0.25) is 5.91 Å². The summed E-state index contributed by atoms with van der Waals surface area (Å²) in [5.74, 6) is 1.87. The van der Waals surface area contributed by atoms with Crippen molar-refractivity contribution in [2.75, 3.05) is 20.1 Å². The molecular weight excluding hydrogens is 308 g/mol. The third kappa shape index (κ3) is 3.51. The second kappa shape index (κ2) is 6.89. The van der Waals surface area contributed by atoms with Crippen LogP contribution in [0, 0.1) is 6.92 Å². The number of rotatable bonds is 5. The summed E-state index contributed by atoms with van der Waals surface area (Å²) in [4.78, 5) is 18.1. The number of carbonyl (C=O) groups is 1. The standard InChI is InChI=1S/C18H24N2O2S/c1-4-16-15-8-10-23-17(15)7-9-20(16)12-18(21)19(3)11-14-6-5-13(2)22-14/h5-6,8,10,16H,4,7,9,11-12H2,1-3H3. The number of hydrogen-bond acceptors (Lipinski definition) is 4. The zero-order valence-corrected chi connectivity index (χ0v) is 14.9. The highest BCUT2D eigenvalue weighted by molar-refractivity contribution is 7.10. The van der Waals surface area contributed by atoms with Crippen LogP contribution in [0.4, 0.5) is 0 Å². The maximum Gasteiger partial charge on any atom is 0.236 e. The molecule has 1 amide bonds. The number of nitrogens with zero attached hydrogens (tertiary/aromatic N) is 2. The SMILES string of the molecule is CCC1c2ccsc2CCN1CC(=O)N(C)Cc1ccc(C)o1. The molecule has 0 aliphatic carbocycles. The minimum absolute atomic E-state index is 0.149. The molecule has 1 aliphatic rings. The molecular formula is C18H24N2O2S. The van der Waals surface area contributed by atoms with Gasteiger partial charge in [0.1, 0.15) is 11.5 Å². The molecule has 0 spiro atoms. The maximum atomic E-state index is 12.6. The van der Waals surface area contributed by atoms with Crippen LogP contribution in [0.25, 0.3) is 0 Å². The predicted molar refractivity (Wildman–Crippen MR) is 92.5 cm³/mol. The van der Waals surface area contributed by atoms with Crippen molar-refractivity contribution >= 4 is 17.2 Å². The molecule has 0 saturated heterocycles. The molecule has 3 rings (SSSR count). The predicted octanol–water partition coefficient (Wildman–Crippen LogP) is 3.62. The number of furan rings is 1. The van der Waals surface area contributed by atoms with Crippen molar-refractivity contribution in [1.29, 1.82) is 0 Å². The van der Waals surface area contributed by atoms with E-state index in [9.17, 15) is 4.79 Å². The van der Waals surface area contributed by atoms with Crippen molar-refractivity contribution in [2.24, 2.45) is 0 Å². The molecule has 0 saturated carbocycles. The number of thiophene rings is 1. The Morgan fingerprint density at radius 2 is 2.26 bits per heavy atom. The van der Waals surface area contributed by atoms with Gasteiger partial charge in [-0.2, -0.15) is 0 Å². The fraction of sp³-hybridized carbons (Fsp3) is 0.500. The van der Waals surface area contributed by atoms with E-state index in [1.807, 2.05) is 37.4 Å². The summed E-state index contributed by atoms with van der Waals surface area (Å²) in [5, 5.41) is 2.17. The van der Waals surface area contributed by atoms with Crippen LogP contribution in [0.5, 0.6) is 0 Å². The number of fused-ring (bicyclic) bond motifs is 1. The van der Waals surface area contributed by atoms with E-state index in [1.54, 1.807) is 4.90 Å². The molecule has 1 aliphatic heterocycles. The molecule has 0 fully saturated rings. The third-order valence-corrected chi connectivity index (χ3v) is 5.54. The molecule has 2 aromatic rings. The molecule has 3 heterocycles. The van der Waals surface area contributed by atoms with Crippen molar-refractivity contribution in [3.05, 3.63) is 45.5 Å². The summed E-state index contributed by atoms with van der Waals surface area (Å²) in [6.45, 7) is 6.09. The normalized spacial score (nSPS) is 18.0. The van der Waals surface area contributed by atoms with Crippen LogP contribution in [-0.2, 0) is 17.8 Å². The number of amides is 1. The van der Waals surface area contributed by atoms with Gasteiger partial charge in [0, 0.05) is 24.5 Å². The van der Waals surface area contributed by atoms with E-state index in [4.69, 9.17) is 4.42 Å². The Labute approximate surface area is 141 Å². The van der Waals surface area contributed by atoms with Crippen molar-refractivity contribution in [2.45, 2.75) is 39.3 Å². The van der Waals surface area contributed by atoms with Crippen LogP contribution in [0.15, 0.2) is 28.0 Å². The lowest BCUT2D eigenvalue weighted by molar-refractivity contribution is -0.132. The molecule has 4 nitrogen and oxygen atoms in total. The van der Waals surface area contributed by atoms with Crippen LogP contribution >= 0.6 is 11.3 Å². The second-order valence-electron chi connectivity index (χ2n) is 6.21. The van der Waals surface area contributed by atoms with Gasteiger partial charge in [-0.05, 0) is 48.9 Å². The number of aryl methyl sites for hydroxylation is 1. The molecule has 0 aromatic carbocycles. The third-order valence-electron chi connectivity index (χ3n) is 4.55. The van der Waals surface area contributed by atoms with Gasteiger partial charge in [0.15, 0.2) is 0 Å². The Bertz CT molecular complexity index is 676. The Morgan fingerprint density at radius 1 is 1.43 bits per heavy atom. The fourth-order valence-corrected chi connectivity index (χ4v) is 4.23. The van der Waals surface area contributed by atoms with E-state index >= 15 is 0 Å². The minimum atomic E-state index is 0.149. The van der Waals surface area contributed by atoms with Crippen molar-refractivity contribution in [1.82, 2.24) is 9.80 Å². The lowest BCUT2D eigenvalue weighted by atomic mass is 9.98. The topological polar surface area (TPSA) is 36.7 Å². The first-order chi connectivity index (χ1) is 11.1. The molecule has 2 aromatic heterocycles.